The Hall–Kier alpha value is -2.15. The summed E-state index contributed by atoms with van der Waals surface area (Å²) in [6.07, 6.45) is 3.07. The predicted molar refractivity (Wildman–Crippen MR) is 77.0 cm³/mol. The van der Waals surface area contributed by atoms with E-state index in [1.54, 1.807) is 6.20 Å². The third-order valence-electron chi connectivity index (χ3n) is 2.66. The van der Waals surface area contributed by atoms with Crippen LogP contribution in [0.15, 0.2) is 22.9 Å². The van der Waals surface area contributed by atoms with Crippen molar-refractivity contribution in [3.8, 4) is 11.6 Å². The van der Waals surface area contributed by atoms with Gasteiger partial charge < -0.3 is 14.9 Å². The average Bonchev–Trinajstić information content (AvgIpc) is 2.78. The first-order chi connectivity index (χ1) is 9.29. The molecule has 20 heavy (non-hydrogen) atoms. The lowest BCUT2D eigenvalue weighted by atomic mass is 10.3. The lowest BCUT2D eigenvalue weighted by Gasteiger charge is -2.15. The van der Waals surface area contributed by atoms with Gasteiger partial charge in [-0.1, -0.05) is 19.6 Å². The molecule has 0 aliphatic rings. The number of nitrogens with zero attached hydrogens (tertiary/aromatic N) is 2. The van der Waals surface area contributed by atoms with Gasteiger partial charge in [-0.05, 0) is 6.92 Å². The summed E-state index contributed by atoms with van der Waals surface area (Å²) in [5.41, 5.74) is 6.79. The minimum absolute atomic E-state index is 0.0161. The van der Waals surface area contributed by atoms with Gasteiger partial charge in [-0.25, -0.2) is 9.97 Å². The average molecular weight is 291 g/mol. The van der Waals surface area contributed by atoms with E-state index in [0.29, 0.717) is 5.88 Å². The summed E-state index contributed by atoms with van der Waals surface area (Å²) in [5, 5.41) is 0. The Morgan fingerprint density at radius 2 is 2.10 bits per heavy atom. The van der Waals surface area contributed by atoms with Crippen molar-refractivity contribution in [2.75, 3.05) is 0 Å². The van der Waals surface area contributed by atoms with Gasteiger partial charge in [-0.3, -0.25) is 4.79 Å². The molecule has 0 aliphatic heterocycles. The summed E-state index contributed by atoms with van der Waals surface area (Å²) < 4.78 is 10.7. The molecule has 2 aromatic heterocycles. The van der Waals surface area contributed by atoms with E-state index in [0.717, 1.165) is 11.0 Å². The topological polar surface area (TPSA) is 91.2 Å². The normalized spacial score (nSPS) is 11.4. The largest absolute Gasteiger partial charge is 0.455 e. The van der Waals surface area contributed by atoms with Crippen LogP contribution in [0.3, 0.4) is 0 Å². The van der Waals surface area contributed by atoms with Gasteiger partial charge in [0.1, 0.15) is 13.5 Å². The van der Waals surface area contributed by atoms with Gasteiger partial charge in [0.25, 0.3) is 5.91 Å². The van der Waals surface area contributed by atoms with E-state index in [1.165, 1.54) is 12.3 Å². The van der Waals surface area contributed by atoms with Gasteiger partial charge in [-0.2, -0.15) is 0 Å². The molecule has 0 aromatic carbocycles. The molecule has 106 valence electrons. The van der Waals surface area contributed by atoms with Gasteiger partial charge in [0, 0.05) is 17.8 Å². The maximum Gasteiger partial charge on any atom is 0.288 e. The van der Waals surface area contributed by atoms with Gasteiger partial charge in [0.05, 0.1) is 6.26 Å². The van der Waals surface area contributed by atoms with E-state index in [-0.39, 0.29) is 11.5 Å². The number of amides is 1. The SMILES string of the molecule is Cc1cnc([Si](C)(C)C)nc1Oc1ccoc1C(N)=O. The molecule has 0 atom stereocenters. The smallest absolute Gasteiger partial charge is 0.288 e. The van der Waals surface area contributed by atoms with Crippen LogP contribution in [0.1, 0.15) is 16.1 Å². The van der Waals surface area contributed by atoms with Crippen molar-refractivity contribution in [3.05, 3.63) is 29.9 Å². The molecule has 2 rings (SSSR count). The van der Waals surface area contributed by atoms with E-state index in [4.69, 9.17) is 14.9 Å². The number of carbonyl (C=O) groups excluding carboxylic acids is 1. The standard InChI is InChI=1S/C13H17N3O3Si/c1-8-7-15-13(20(2,3)4)16-12(8)19-9-5-6-18-10(9)11(14)17/h5-7H,1-4H3,(H2,14,17). The molecule has 2 aromatic rings. The van der Waals surface area contributed by atoms with E-state index < -0.39 is 14.0 Å². The summed E-state index contributed by atoms with van der Waals surface area (Å²) in [6, 6.07) is 1.54. The Morgan fingerprint density at radius 3 is 2.70 bits per heavy atom. The van der Waals surface area contributed by atoms with Crippen LogP contribution in [-0.2, 0) is 0 Å². The number of ether oxygens (including phenoxy) is 1. The summed E-state index contributed by atoms with van der Waals surface area (Å²) >= 11 is 0. The minimum Gasteiger partial charge on any atom is -0.455 e. The van der Waals surface area contributed by atoms with Crippen molar-refractivity contribution >= 4 is 19.4 Å². The molecule has 6 nitrogen and oxygen atoms in total. The fourth-order valence-electron chi connectivity index (χ4n) is 1.55. The summed E-state index contributed by atoms with van der Waals surface area (Å²) in [4.78, 5) is 20.0. The van der Waals surface area contributed by atoms with Gasteiger partial charge in [0.2, 0.25) is 11.6 Å². The molecule has 0 radical (unpaired) electrons. The van der Waals surface area contributed by atoms with Crippen molar-refractivity contribution in [1.82, 2.24) is 9.97 Å². The van der Waals surface area contributed by atoms with Crippen LogP contribution in [0.25, 0.3) is 0 Å². The molecule has 0 fully saturated rings. The number of aromatic nitrogens is 2. The molecule has 0 saturated heterocycles. The zero-order valence-electron chi connectivity index (χ0n) is 11.9. The highest BCUT2D eigenvalue weighted by Gasteiger charge is 2.22. The molecule has 0 spiro atoms. The molecular weight excluding hydrogens is 274 g/mol. The number of carbonyl (C=O) groups is 1. The Balaban J connectivity index is 2.38. The lowest BCUT2D eigenvalue weighted by Crippen LogP contribution is -2.42. The second-order valence-corrected chi connectivity index (χ2v) is 10.5. The zero-order chi connectivity index (χ0) is 14.9. The molecule has 0 bridgehead atoms. The van der Waals surface area contributed by atoms with Crippen LogP contribution < -0.4 is 15.9 Å². The molecule has 0 saturated carbocycles. The third-order valence-corrected chi connectivity index (χ3v) is 4.24. The maximum absolute atomic E-state index is 11.2. The predicted octanol–water partition coefficient (Wildman–Crippen LogP) is 1.81. The van der Waals surface area contributed by atoms with Gasteiger partial charge >= 0.3 is 0 Å². The number of primary amides is 1. The molecule has 2 heterocycles. The first kappa shape index (κ1) is 14.3. The van der Waals surface area contributed by atoms with E-state index in [9.17, 15) is 4.79 Å². The van der Waals surface area contributed by atoms with Crippen LogP contribution >= 0.6 is 0 Å². The van der Waals surface area contributed by atoms with Crippen LogP contribution in [0.4, 0.5) is 0 Å². The minimum atomic E-state index is -1.64. The number of rotatable bonds is 4. The first-order valence-corrected chi connectivity index (χ1v) is 9.68. The number of nitrogens with two attached hydrogens (primary N) is 1. The van der Waals surface area contributed by atoms with E-state index in [1.807, 2.05) is 6.92 Å². The summed E-state index contributed by atoms with van der Waals surface area (Å²) in [7, 11) is -1.64. The van der Waals surface area contributed by atoms with E-state index in [2.05, 4.69) is 29.6 Å². The van der Waals surface area contributed by atoms with Crippen molar-refractivity contribution in [2.24, 2.45) is 5.73 Å². The van der Waals surface area contributed by atoms with Crippen molar-refractivity contribution in [1.29, 1.82) is 0 Å². The highest BCUT2D eigenvalue weighted by atomic mass is 28.3. The number of aryl methyl sites for hydroxylation is 1. The second-order valence-electron chi connectivity index (χ2n) is 5.51. The third kappa shape index (κ3) is 2.88. The number of hydrogen-bond acceptors (Lipinski definition) is 5. The Morgan fingerprint density at radius 1 is 1.40 bits per heavy atom. The fourth-order valence-corrected chi connectivity index (χ4v) is 2.44. The van der Waals surface area contributed by atoms with Crippen LogP contribution in [0.2, 0.25) is 19.6 Å². The van der Waals surface area contributed by atoms with Gasteiger partial charge in [-0.15, -0.1) is 0 Å². The Kier molecular flexibility index (Phi) is 3.62. The fraction of sp³-hybridized carbons (Fsp3) is 0.308. The number of hydrogen-bond donors (Lipinski definition) is 1. The highest BCUT2D eigenvalue weighted by Crippen LogP contribution is 2.26. The lowest BCUT2D eigenvalue weighted by molar-refractivity contribution is 0.0970. The Labute approximate surface area is 118 Å². The Bertz CT molecular complexity index is 647. The van der Waals surface area contributed by atoms with Crippen LogP contribution in [0.5, 0.6) is 11.6 Å². The molecule has 0 unspecified atom stereocenters. The molecule has 0 aliphatic carbocycles. The molecule has 1 amide bonds. The van der Waals surface area contributed by atoms with Crippen molar-refractivity contribution < 1.29 is 13.9 Å². The first-order valence-electron chi connectivity index (χ1n) is 6.18. The molecule has 7 heteroatoms. The quantitative estimate of drug-likeness (QED) is 0.867. The summed E-state index contributed by atoms with van der Waals surface area (Å²) in [6.45, 7) is 8.28. The second kappa shape index (κ2) is 5.08. The van der Waals surface area contributed by atoms with Crippen molar-refractivity contribution in [3.63, 3.8) is 0 Å². The van der Waals surface area contributed by atoms with E-state index >= 15 is 0 Å². The van der Waals surface area contributed by atoms with Crippen LogP contribution in [0, 0.1) is 6.92 Å². The highest BCUT2D eigenvalue weighted by molar-refractivity contribution is 6.87. The monoisotopic (exact) mass is 291 g/mol. The maximum atomic E-state index is 11.2. The molecular formula is C13H17N3O3Si. The summed E-state index contributed by atoms with van der Waals surface area (Å²) in [5.74, 6) is -0.0122. The number of furan rings is 1. The van der Waals surface area contributed by atoms with Crippen LogP contribution in [-0.4, -0.2) is 23.9 Å². The van der Waals surface area contributed by atoms with Gasteiger partial charge in [0.15, 0.2) is 5.75 Å². The molecule has 2 N–H and O–H groups in total. The van der Waals surface area contributed by atoms with Crippen molar-refractivity contribution in [2.45, 2.75) is 26.6 Å². The zero-order valence-corrected chi connectivity index (χ0v) is 12.9.